The average Bonchev–Trinajstić information content (AvgIpc) is 2.67. The van der Waals surface area contributed by atoms with Crippen molar-refractivity contribution in [2.45, 2.75) is 6.54 Å². The van der Waals surface area contributed by atoms with Gasteiger partial charge in [-0.1, -0.05) is 11.6 Å². The van der Waals surface area contributed by atoms with E-state index in [2.05, 4.69) is 10.1 Å². The maximum atomic E-state index is 5.89. The van der Waals surface area contributed by atoms with Crippen molar-refractivity contribution in [3.8, 4) is 11.6 Å². The fourth-order valence-corrected chi connectivity index (χ4v) is 1.42. The molecule has 0 aliphatic rings. The number of rotatable bonds is 3. The van der Waals surface area contributed by atoms with Crippen LogP contribution in [0.5, 0.6) is 11.6 Å². The van der Waals surface area contributed by atoms with Gasteiger partial charge < -0.3 is 10.5 Å². The zero-order valence-corrected chi connectivity index (χ0v) is 9.48. The Morgan fingerprint density at radius 2 is 2.31 bits per heavy atom. The van der Waals surface area contributed by atoms with E-state index >= 15 is 0 Å². The summed E-state index contributed by atoms with van der Waals surface area (Å²) in [6.45, 7) is 0.281. The fraction of sp³-hybridized carbons (Fsp3) is 0.200. The highest BCUT2D eigenvalue weighted by atomic mass is 35.5. The lowest BCUT2D eigenvalue weighted by Gasteiger charge is -2.04. The summed E-state index contributed by atoms with van der Waals surface area (Å²) in [6.07, 6.45) is 3.36. The minimum absolute atomic E-state index is 0.281. The van der Waals surface area contributed by atoms with Crippen molar-refractivity contribution in [1.82, 2.24) is 14.8 Å². The Balaban J connectivity index is 2.21. The molecule has 0 spiro atoms. The highest BCUT2D eigenvalue weighted by Gasteiger charge is 2.05. The summed E-state index contributed by atoms with van der Waals surface area (Å²) in [5.41, 5.74) is 6.11. The number of aryl methyl sites for hydroxylation is 1. The highest BCUT2D eigenvalue weighted by molar-refractivity contribution is 6.31. The van der Waals surface area contributed by atoms with Gasteiger partial charge in [0.05, 0.1) is 23.1 Å². The monoisotopic (exact) mass is 238 g/mol. The van der Waals surface area contributed by atoms with Crippen molar-refractivity contribution in [2.24, 2.45) is 12.8 Å². The number of hydrogen-bond donors (Lipinski definition) is 1. The molecule has 16 heavy (non-hydrogen) atoms. The lowest BCUT2D eigenvalue weighted by atomic mass is 10.3. The van der Waals surface area contributed by atoms with Gasteiger partial charge in [-0.25, -0.2) is 4.98 Å². The topological polar surface area (TPSA) is 66.0 Å². The van der Waals surface area contributed by atoms with Gasteiger partial charge in [0.15, 0.2) is 5.75 Å². The van der Waals surface area contributed by atoms with Crippen molar-refractivity contribution < 1.29 is 4.74 Å². The molecule has 2 N–H and O–H groups in total. The molecule has 5 nitrogen and oxygen atoms in total. The second-order valence-electron chi connectivity index (χ2n) is 3.23. The van der Waals surface area contributed by atoms with Gasteiger partial charge in [0.2, 0.25) is 5.88 Å². The van der Waals surface area contributed by atoms with E-state index in [4.69, 9.17) is 22.1 Å². The number of nitrogens with zero attached hydrogens (tertiary/aromatic N) is 3. The van der Waals surface area contributed by atoms with Crippen LogP contribution in [0.3, 0.4) is 0 Å². The predicted octanol–water partition coefficient (Wildman–Crippen LogP) is 1.72. The summed E-state index contributed by atoms with van der Waals surface area (Å²) in [6, 6.07) is 3.40. The second kappa shape index (κ2) is 4.51. The van der Waals surface area contributed by atoms with Crippen LogP contribution in [0.1, 0.15) is 5.69 Å². The Kier molecular flexibility index (Phi) is 3.07. The van der Waals surface area contributed by atoms with E-state index < -0.39 is 0 Å². The molecular formula is C10H11ClN4O. The van der Waals surface area contributed by atoms with Crippen LogP contribution in [-0.4, -0.2) is 14.8 Å². The molecule has 0 saturated heterocycles. The van der Waals surface area contributed by atoms with Gasteiger partial charge in [0.1, 0.15) is 0 Å². The van der Waals surface area contributed by atoms with Crippen molar-refractivity contribution in [1.29, 1.82) is 0 Å². The number of nitrogens with two attached hydrogens (primary N) is 1. The van der Waals surface area contributed by atoms with Gasteiger partial charge in [-0.2, -0.15) is 5.10 Å². The van der Waals surface area contributed by atoms with Gasteiger partial charge in [0, 0.05) is 19.7 Å². The molecule has 0 unspecified atom stereocenters. The SMILES string of the molecule is Cn1cc(Oc2ccc(Cl)c(CN)n2)cn1. The van der Waals surface area contributed by atoms with Gasteiger partial charge in [-0.3, -0.25) is 4.68 Å². The van der Waals surface area contributed by atoms with E-state index in [1.165, 1.54) is 0 Å². The summed E-state index contributed by atoms with van der Waals surface area (Å²) < 4.78 is 7.14. The Bertz CT molecular complexity index is 497. The van der Waals surface area contributed by atoms with Crippen LogP contribution >= 0.6 is 11.6 Å². The molecule has 0 aromatic carbocycles. The van der Waals surface area contributed by atoms with Crippen molar-refractivity contribution >= 4 is 11.6 Å². The first-order valence-corrected chi connectivity index (χ1v) is 5.09. The molecule has 2 aromatic rings. The normalized spacial score (nSPS) is 10.4. The molecule has 2 heterocycles. The van der Waals surface area contributed by atoms with E-state index in [0.717, 1.165) is 0 Å². The summed E-state index contributed by atoms with van der Waals surface area (Å²) in [5.74, 6) is 1.08. The standard InChI is InChI=1S/C10H11ClN4O/c1-15-6-7(5-13-15)16-10-3-2-8(11)9(4-12)14-10/h2-3,5-6H,4,12H2,1H3. The second-order valence-corrected chi connectivity index (χ2v) is 3.64. The molecule has 84 valence electrons. The third-order valence-corrected chi connectivity index (χ3v) is 2.33. The molecule has 0 saturated carbocycles. The molecule has 0 bridgehead atoms. The summed E-state index contributed by atoms with van der Waals surface area (Å²) in [5, 5.41) is 4.53. The zero-order valence-electron chi connectivity index (χ0n) is 8.72. The summed E-state index contributed by atoms with van der Waals surface area (Å²) >= 11 is 5.89. The number of halogens is 1. The first kappa shape index (κ1) is 10.9. The molecule has 2 aromatic heterocycles. The first-order valence-electron chi connectivity index (χ1n) is 4.71. The molecule has 0 aliphatic carbocycles. The van der Waals surface area contributed by atoms with Crippen LogP contribution in [0, 0.1) is 0 Å². The Hall–Kier alpha value is -1.59. The van der Waals surface area contributed by atoms with Gasteiger partial charge in [-0.15, -0.1) is 0 Å². The van der Waals surface area contributed by atoms with Crippen LogP contribution in [0.15, 0.2) is 24.5 Å². The maximum absolute atomic E-state index is 5.89. The van der Waals surface area contributed by atoms with E-state index in [1.807, 2.05) is 7.05 Å². The van der Waals surface area contributed by atoms with Gasteiger partial charge >= 0.3 is 0 Å². The van der Waals surface area contributed by atoms with E-state index in [9.17, 15) is 0 Å². The van der Waals surface area contributed by atoms with E-state index in [-0.39, 0.29) is 6.54 Å². The number of hydrogen-bond acceptors (Lipinski definition) is 4. The van der Waals surface area contributed by atoms with Crippen molar-refractivity contribution in [3.05, 3.63) is 35.2 Å². The molecule has 0 radical (unpaired) electrons. The highest BCUT2D eigenvalue weighted by Crippen LogP contribution is 2.22. The molecule has 0 atom stereocenters. The lowest BCUT2D eigenvalue weighted by molar-refractivity contribution is 0.460. The van der Waals surface area contributed by atoms with E-state index in [0.29, 0.717) is 22.3 Å². The first-order chi connectivity index (χ1) is 7.69. The smallest absolute Gasteiger partial charge is 0.219 e. The number of ether oxygens (including phenoxy) is 1. The molecule has 0 aliphatic heterocycles. The van der Waals surface area contributed by atoms with Crippen molar-refractivity contribution in [2.75, 3.05) is 0 Å². The maximum Gasteiger partial charge on any atom is 0.219 e. The van der Waals surface area contributed by atoms with Crippen LogP contribution < -0.4 is 10.5 Å². The van der Waals surface area contributed by atoms with Crippen LogP contribution in [0.2, 0.25) is 5.02 Å². The molecule has 0 fully saturated rings. The third kappa shape index (κ3) is 2.32. The van der Waals surface area contributed by atoms with Crippen LogP contribution in [0.25, 0.3) is 0 Å². The summed E-state index contributed by atoms with van der Waals surface area (Å²) in [7, 11) is 1.81. The third-order valence-electron chi connectivity index (χ3n) is 1.99. The number of aromatic nitrogens is 3. The van der Waals surface area contributed by atoms with Crippen molar-refractivity contribution in [3.63, 3.8) is 0 Å². The molecule has 0 amide bonds. The molecule has 2 rings (SSSR count). The average molecular weight is 239 g/mol. The Labute approximate surface area is 97.8 Å². The van der Waals surface area contributed by atoms with Gasteiger partial charge in [-0.05, 0) is 6.07 Å². The van der Waals surface area contributed by atoms with E-state index in [1.54, 1.807) is 29.2 Å². The zero-order chi connectivity index (χ0) is 11.5. The minimum atomic E-state index is 0.281. The minimum Gasteiger partial charge on any atom is -0.436 e. The largest absolute Gasteiger partial charge is 0.436 e. The lowest BCUT2D eigenvalue weighted by Crippen LogP contribution is -2.01. The van der Waals surface area contributed by atoms with Crippen LogP contribution in [-0.2, 0) is 13.6 Å². The fourth-order valence-electron chi connectivity index (χ4n) is 1.24. The quantitative estimate of drug-likeness (QED) is 0.884. The van der Waals surface area contributed by atoms with Gasteiger partial charge in [0.25, 0.3) is 0 Å². The Morgan fingerprint density at radius 3 is 2.94 bits per heavy atom. The van der Waals surface area contributed by atoms with Crippen LogP contribution in [0.4, 0.5) is 0 Å². The molecule has 6 heteroatoms. The number of pyridine rings is 1. The summed E-state index contributed by atoms with van der Waals surface area (Å²) in [4.78, 5) is 4.18. The molecular weight excluding hydrogens is 228 g/mol. The predicted molar refractivity (Wildman–Crippen MR) is 60.4 cm³/mol. The Morgan fingerprint density at radius 1 is 1.50 bits per heavy atom.